The number of aromatic nitrogens is 2. The molecule has 3 rings (SSSR count). The third-order valence-electron chi connectivity index (χ3n) is 2.83. The highest BCUT2D eigenvalue weighted by Gasteiger charge is 2.17. The molecule has 1 atom stereocenters. The molecule has 1 unspecified atom stereocenters. The Bertz CT molecular complexity index is 397. The zero-order valence-electron chi connectivity index (χ0n) is 7.94. The minimum Gasteiger partial charge on any atom is -0.316 e. The first-order chi connectivity index (χ1) is 6.93. The molecule has 1 saturated heterocycles. The number of hydrogen-bond acceptors (Lipinski definition) is 3. The van der Waals surface area contributed by atoms with Crippen molar-refractivity contribution >= 4 is 16.3 Å². The van der Waals surface area contributed by atoms with Crippen LogP contribution in [0, 0.1) is 0 Å². The van der Waals surface area contributed by atoms with Crippen molar-refractivity contribution < 1.29 is 0 Å². The highest BCUT2D eigenvalue weighted by molar-refractivity contribution is 7.15. The summed E-state index contributed by atoms with van der Waals surface area (Å²) in [6.07, 6.45) is 6.80. The minimum absolute atomic E-state index is 0.621. The van der Waals surface area contributed by atoms with Crippen LogP contribution in [0.25, 0.3) is 4.96 Å². The van der Waals surface area contributed by atoms with Crippen LogP contribution in [-0.4, -0.2) is 22.5 Å². The van der Waals surface area contributed by atoms with E-state index in [1.807, 2.05) is 0 Å². The van der Waals surface area contributed by atoms with Crippen LogP contribution in [0.15, 0.2) is 17.8 Å². The molecule has 1 aliphatic heterocycles. The van der Waals surface area contributed by atoms with E-state index >= 15 is 0 Å². The number of nitrogens with zero attached hydrogens (tertiary/aromatic N) is 2. The van der Waals surface area contributed by atoms with Crippen molar-refractivity contribution in [3.8, 4) is 0 Å². The maximum Gasteiger partial charge on any atom is 0.193 e. The third-order valence-corrected chi connectivity index (χ3v) is 3.60. The van der Waals surface area contributed by atoms with Crippen LogP contribution >= 0.6 is 11.3 Å². The lowest BCUT2D eigenvalue weighted by atomic mass is 9.97. The second kappa shape index (κ2) is 3.37. The zero-order chi connectivity index (χ0) is 9.38. The number of thiazole rings is 1. The molecule has 0 aromatic carbocycles. The van der Waals surface area contributed by atoms with Gasteiger partial charge >= 0.3 is 0 Å². The molecule has 3 nitrogen and oxygen atoms in total. The Morgan fingerprint density at radius 3 is 3.36 bits per heavy atom. The third kappa shape index (κ3) is 1.35. The molecule has 2 aromatic rings. The van der Waals surface area contributed by atoms with Gasteiger partial charge in [-0.05, 0) is 19.4 Å². The minimum atomic E-state index is 0.621. The lowest BCUT2D eigenvalue weighted by Crippen LogP contribution is -2.28. The van der Waals surface area contributed by atoms with Crippen molar-refractivity contribution in [3.05, 3.63) is 23.5 Å². The Morgan fingerprint density at radius 1 is 1.57 bits per heavy atom. The highest BCUT2D eigenvalue weighted by Crippen LogP contribution is 2.23. The number of rotatable bonds is 1. The molecule has 0 saturated carbocycles. The molecule has 1 aliphatic rings. The molecule has 0 radical (unpaired) electrons. The van der Waals surface area contributed by atoms with E-state index in [4.69, 9.17) is 0 Å². The van der Waals surface area contributed by atoms with Gasteiger partial charge in [-0.1, -0.05) is 0 Å². The fourth-order valence-electron chi connectivity index (χ4n) is 2.05. The van der Waals surface area contributed by atoms with Crippen LogP contribution in [0.1, 0.15) is 24.5 Å². The Hall–Kier alpha value is -0.870. The van der Waals surface area contributed by atoms with Gasteiger partial charge in [0.1, 0.15) is 0 Å². The molecule has 4 heteroatoms. The SMILES string of the molecule is c1cn2cc(C3CCCNC3)nc2s1. The molecule has 0 spiro atoms. The fraction of sp³-hybridized carbons (Fsp3) is 0.500. The summed E-state index contributed by atoms with van der Waals surface area (Å²) in [7, 11) is 0. The summed E-state index contributed by atoms with van der Waals surface area (Å²) in [4.78, 5) is 5.75. The number of piperidine rings is 1. The summed E-state index contributed by atoms with van der Waals surface area (Å²) in [6.45, 7) is 2.25. The first kappa shape index (κ1) is 8.44. The topological polar surface area (TPSA) is 29.3 Å². The molecular weight excluding hydrogens is 194 g/mol. The van der Waals surface area contributed by atoms with E-state index in [-0.39, 0.29) is 0 Å². The molecule has 1 N–H and O–H groups in total. The van der Waals surface area contributed by atoms with E-state index in [1.54, 1.807) is 11.3 Å². The Labute approximate surface area is 86.8 Å². The Balaban J connectivity index is 1.92. The lowest BCUT2D eigenvalue weighted by Gasteiger charge is -2.20. The maximum absolute atomic E-state index is 4.64. The summed E-state index contributed by atoms with van der Waals surface area (Å²) in [5.41, 5.74) is 1.25. The van der Waals surface area contributed by atoms with Gasteiger partial charge in [0.15, 0.2) is 4.96 Å². The quantitative estimate of drug-likeness (QED) is 0.773. The average molecular weight is 207 g/mol. The van der Waals surface area contributed by atoms with Crippen molar-refractivity contribution in [2.24, 2.45) is 0 Å². The van der Waals surface area contributed by atoms with E-state index in [0.717, 1.165) is 11.5 Å². The van der Waals surface area contributed by atoms with Gasteiger partial charge in [-0.15, -0.1) is 11.3 Å². The van der Waals surface area contributed by atoms with Gasteiger partial charge in [0.25, 0.3) is 0 Å². The summed E-state index contributed by atoms with van der Waals surface area (Å²) in [5, 5.41) is 5.50. The van der Waals surface area contributed by atoms with Crippen molar-refractivity contribution in [2.45, 2.75) is 18.8 Å². The number of nitrogens with one attached hydrogen (secondary N) is 1. The van der Waals surface area contributed by atoms with Gasteiger partial charge in [-0.2, -0.15) is 0 Å². The molecule has 3 heterocycles. The summed E-state index contributed by atoms with van der Waals surface area (Å²) < 4.78 is 2.12. The van der Waals surface area contributed by atoms with Gasteiger partial charge in [0, 0.05) is 30.2 Å². The highest BCUT2D eigenvalue weighted by atomic mass is 32.1. The summed E-state index contributed by atoms with van der Waals surface area (Å²) in [6, 6.07) is 0. The van der Waals surface area contributed by atoms with E-state index in [0.29, 0.717) is 5.92 Å². The zero-order valence-corrected chi connectivity index (χ0v) is 8.76. The molecule has 74 valence electrons. The van der Waals surface area contributed by atoms with Gasteiger partial charge in [-0.25, -0.2) is 4.98 Å². The average Bonchev–Trinajstić information content (AvgIpc) is 2.78. The van der Waals surface area contributed by atoms with Gasteiger partial charge in [0.05, 0.1) is 5.69 Å². The summed E-state index contributed by atoms with van der Waals surface area (Å²) in [5.74, 6) is 0.621. The normalized spacial score (nSPS) is 23.0. The van der Waals surface area contributed by atoms with Crippen LogP contribution in [-0.2, 0) is 0 Å². The molecule has 0 bridgehead atoms. The van der Waals surface area contributed by atoms with Gasteiger partial charge < -0.3 is 5.32 Å². The van der Waals surface area contributed by atoms with E-state index in [9.17, 15) is 0 Å². The van der Waals surface area contributed by atoms with Crippen molar-refractivity contribution in [1.29, 1.82) is 0 Å². The first-order valence-corrected chi connectivity index (χ1v) is 5.94. The molecule has 0 amide bonds. The molecule has 2 aromatic heterocycles. The maximum atomic E-state index is 4.64. The Morgan fingerprint density at radius 2 is 2.57 bits per heavy atom. The van der Waals surface area contributed by atoms with E-state index in [2.05, 4.69) is 32.5 Å². The van der Waals surface area contributed by atoms with Crippen LogP contribution in [0.3, 0.4) is 0 Å². The molecule has 14 heavy (non-hydrogen) atoms. The predicted molar refractivity (Wildman–Crippen MR) is 57.9 cm³/mol. The summed E-state index contributed by atoms with van der Waals surface area (Å²) >= 11 is 1.70. The van der Waals surface area contributed by atoms with E-state index < -0.39 is 0 Å². The van der Waals surface area contributed by atoms with Crippen molar-refractivity contribution in [3.63, 3.8) is 0 Å². The second-order valence-electron chi connectivity index (χ2n) is 3.80. The van der Waals surface area contributed by atoms with Crippen LogP contribution in [0.2, 0.25) is 0 Å². The largest absolute Gasteiger partial charge is 0.316 e. The standard InChI is InChI=1S/C10H13N3S/c1-2-8(6-11-3-1)9-7-13-4-5-14-10(13)12-9/h4-5,7-8,11H,1-3,6H2. The molecular formula is C10H13N3S. The fourth-order valence-corrected chi connectivity index (χ4v) is 2.75. The predicted octanol–water partition coefficient (Wildman–Crippen LogP) is 1.86. The van der Waals surface area contributed by atoms with Gasteiger partial charge in [-0.3, -0.25) is 4.40 Å². The molecule has 1 fully saturated rings. The lowest BCUT2D eigenvalue weighted by molar-refractivity contribution is 0.456. The van der Waals surface area contributed by atoms with Crippen LogP contribution in [0.5, 0.6) is 0 Å². The van der Waals surface area contributed by atoms with Crippen LogP contribution in [0.4, 0.5) is 0 Å². The first-order valence-electron chi connectivity index (χ1n) is 5.06. The van der Waals surface area contributed by atoms with Crippen molar-refractivity contribution in [2.75, 3.05) is 13.1 Å². The second-order valence-corrected chi connectivity index (χ2v) is 4.67. The van der Waals surface area contributed by atoms with Gasteiger partial charge in [0.2, 0.25) is 0 Å². The van der Waals surface area contributed by atoms with Crippen molar-refractivity contribution in [1.82, 2.24) is 14.7 Å². The molecule has 0 aliphatic carbocycles. The monoisotopic (exact) mass is 207 g/mol. The van der Waals surface area contributed by atoms with Crippen LogP contribution < -0.4 is 5.32 Å². The number of hydrogen-bond donors (Lipinski definition) is 1. The Kier molecular flexibility index (Phi) is 2.03. The number of fused-ring (bicyclic) bond motifs is 1. The van der Waals surface area contributed by atoms with E-state index in [1.165, 1.54) is 25.1 Å². The smallest absolute Gasteiger partial charge is 0.193 e. The number of imidazole rings is 1.